The van der Waals surface area contributed by atoms with Gasteiger partial charge in [-0.3, -0.25) is 4.79 Å². The standard InChI is InChI=1S/C13H14F3NO/c14-11-3-1-10(2-4-11)9-12(18)17-7-5-13(15,16)6-8-17/h1-4H,5-9H2. The minimum absolute atomic E-state index is 0.0903. The number of likely N-dealkylation sites (tertiary alicyclic amines) is 1. The van der Waals surface area contributed by atoms with Crippen molar-refractivity contribution in [2.75, 3.05) is 13.1 Å². The highest BCUT2D eigenvalue weighted by molar-refractivity contribution is 5.78. The molecule has 2 rings (SSSR count). The van der Waals surface area contributed by atoms with E-state index in [0.29, 0.717) is 5.56 Å². The van der Waals surface area contributed by atoms with Crippen molar-refractivity contribution in [1.29, 1.82) is 0 Å². The van der Waals surface area contributed by atoms with Gasteiger partial charge in [0.25, 0.3) is 5.92 Å². The van der Waals surface area contributed by atoms with Gasteiger partial charge in [-0.25, -0.2) is 13.2 Å². The molecule has 1 amide bonds. The molecule has 0 atom stereocenters. The molecule has 1 aliphatic heterocycles. The van der Waals surface area contributed by atoms with Gasteiger partial charge in [0, 0.05) is 25.9 Å². The number of halogens is 3. The van der Waals surface area contributed by atoms with Crippen LogP contribution in [0.25, 0.3) is 0 Å². The van der Waals surface area contributed by atoms with Gasteiger partial charge in [-0.05, 0) is 17.7 Å². The molecule has 0 spiro atoms. The average molecular weight is 257 g/mol. The van der Waals surface area contributed by atoms with Crippen LogP contribution in [-0.2, 0) is 11.2 Å². The Morgan fingerprint density at radius 1 is 1.17 bits per heavy atom. The number of amides is 1. The molecule has 0 bridgehead atoms. The van der Waals surface area contributed by atoms with Crippen LogP contribution < -0.4 is 0 Å². The summed E-state index contributed by atoms with van der Waals surface area (Å²) in [6.07, 6.45) is -0.420. The minimum Gasteiger partial charge on any atom is -0.342 e. The number of carbonyl (C=O) groups excluding carboxylic acids is 1. The molecule has 0 aromatic heterocycles. The molecule has 0 N–H and O–H groups in total. The molecule has 1 saturated heterocycles. The highest BCUT2D eigenvalue weighted by Gasteiger charge is 2.35. The first kappa shape index (κ1) is 12.9. The van der Waals surface area contributed by atoms with E-state index in [4.69, 9.17) is 0 Å². The van der Waals surface area contributed by atoms with Crippen molar-refractivity contribution in [2.24, 2.45) is 0 Å². The molecule has 1 aromatic carbocycles. The van der Waals surface area contributed by atoms with E-state index < -0.39 is 5.92 Å². The van der Waals surface area contributed by atoms with Crippen molar-refractivity contribution < 1.29 is 18.0 Å². The second-order valence-electron chi connectivity index (χ2n) is 4.54. The van der Waals surface area contributed by atoms with E-state index in [9.17, 15) is 18.0 Å². The first-order chi connectivity index (χ1) is 8.46. The Kier molecular flexibility index (Phi) is 3.59. The fraction of sp³-hybridized carbons (Fsp3) is 0.462. The van der Waals surface area contributed by atoms with Gasteiger partial charge in [-0.15, -0.1) is 0 Å². The Morgan fingerprint density at radius 2 is 1.72 bits per heavy atom. The molecule has 5 heteroatoms. The Morgan fingerprint density at radius 3 is 2.28 bits per heavy atom. The minimum atomic E-state index is -2.65. The molecule has 98 valence electrons. The van der Waals surface area contributed by atoms with Crippen molar-refractivity contribution in [3.63, 3.8) is 0 Å². The summed E-state index contributed by atoms with van der Waals surface area (Å²) in [4.78, 5) is 13.3. The number of carbonyl (C=O) groups is 1. The third kappa shape index (κ3) is 3.24. The van der Waals surface area contributed by atoms with Crippen LogP contribution in [0.2, 0.25) is 0 Å². The van der Waals surface area contributed by atoms with E-state index in [2.05, 4.69) is 0 Å². The normalized spacial score (nSPS) is 18.7. The first-order valence-corrected chi connectivity index (χ1v) is 5.86. The number of benzene rings is 1. The highest BCUT2D eigenvalue weighted by atomic mass is 19.3. The van der Waals surface area contributed by atoms with E-state index in [1.807, 2.05) is 0 Å². The summed E-state index contributed by atoms with van der Waals surface area (Å²) < 4.78 is 38.6. The summed E-state index contributed by atoms with van der Waals surface area (Å²) in [6, 6.07) is 5.64. The number of rotatable bonds is 2. The van der Waals surface area contributed by atoms with Gasteiger partial charge >= 0.3 is 0 Å². The Labute approximate surface area is 103 Å². The van der Waals surface area contributed by atoms with Crippen LogP contribution in [0.5, 0.6) is 0 Å². The zero-order valence-electron chi connectivity index (χ0n) is 9.83. The maximum Gasteiger partial charge on any atom is 0.251 e. The number of hydrogen-bond acceptors (Lipinski definition) is 1. The fourth-order valence-electron chi connectivity index (χ4n) is 1.97. The van der Waals surface area contributed by atoms with Crippen molar-refractivity contribution in [2.45, 2.75) is 25.2 Å². The molecule has 2 nitrogen and oxygen atoms in total. The third-order valence-electron chi connectivity index (χ3n) is 3.12. The lowest BCUT2D eigenvalue weighted by Crippen LogP contribution is -2.43. The van der Waals surface area contributed by atoms with Crippen LogP contribution in [0.15, 0.2) is 24.3 Å². The van der Waals surface area contributed by atoms with Gasteiger partial charge in [0.15, 0.2) is 0 Å². The zero-order chi connectivity index (χ0) is 13.2. The smallest absolute Gasteiger partial charge is 0.251 e. The Bertz CT molecular complexity index is 420. The predicted octanol–water partition coefficient (Wildman–Crippen LogP) is 2.63. The van der Waals surface area contributed by atoms with Crippen LogP contribution in [0.4, 0.5) is 13.2 Å². The number of alkyl halides is 2. The lowest BCUT2D eigenvalue weighted by molar-refractivity contribution is -0.136. The first-order valence-electron chi connectivity index (χ1n) is 5.86. The maximum atomic E-state index is 12.9. The average Bonchev–Trinajstić information content (AvgIpc) is 2.32. The summed E-state index contributed by atoms with van der Waals surface area (Å²) in [5.74, 6) is -3.19. The molecule has 1 heterocycles. The van der Waals surface area contributed by atoms with E-state index in [-0.39, 0.29) is 44.1 Å². The van der Waals surface area contributed by atoms with Crippen molar-refractivity contribution >= 4 is 5.91 Å². The van der Waals surface area contributed by atoms with Crippen LogP contribution in [0, 0.1) is 5.82 Å². The second kappa shape index (κ2) is 5.00. The van der Waals surface area contributed by atoms with Gasteiger partial charge in [-0.2, -0.15) is 0 Å². The van der Waals surface area contributed by atoms with Gasteiger partial charge < -0.3 is 4.90 Å². The van der Waals surface area contributed by atoms with Crippen LogP contribution in [0.3, 0.4) is 0 Å². The molecule has 0 aliphatic carbocycles. The zero-order valence-corrected chi connectivity index (χ0v) is 9.83. The summed E-state index contributed by atoms with van der Waals surface area (Å²) in [5.41, 5.74) is 0.693. The Balaban J connectivity index is 1.91. The quantitative estimate of drug-likeness (QED) is 0.797. The Hall–Kier alpha value is -1.52. The summed E-state index contributed by atoms with van der Waals surface area (Å²) in [6.45, 7) is 0.181. The second-order valence-corrected chi connectivity index (χ2v) is 4.54. The lowest BCUT2D eigenvalue weighted by atomic mass is 10.1. The molecule has 1 aromatic rings. The summed E-state index contributed by atoms with van der Waals surface area (Å²) in [7, 11) is 0. The van der Waals surface area contributed by atoms with Crippen molar-refractivity contribution in [3.8, 4) is 0 Å². The maximum absolute atomic E-state index is 12.9. The molecule has 1 aliphatic rings. The van der Waals surface area contributed by atoms with Crippen LogP contribution >= 0.6 is 0 Å². The number of piperidine rings is 1. The van der Waals surface area contributed by atoms with Crippen LogP contribution in [-0.4, -0.2) is 29.8 Å². The highest BCUT2D eigenvalue weighted by Crippen LogP contribution is 2.27. The summed E-state index contributed by atoms with van der Waals surface area (Å²) in [5, 5.41) is 0. The third-order valence-corrected chi connectivity index (χ3v) is 3.12. The van der Waals surface area contributed by atoms with Crippen molar-refractivity contribution in [1.82, 2.24) is 4.90 Å². The van der Waals surface area contributed by atoms with E-state index in [1.165, 1.54) is 29.2 Å². The lowest BCUT2D eigenvalue weighted by Gasteiger charge is -2.31. The number of nitrogens with zero attached hydrogens (tertiary/aromatic N) is 1. The largest absolute Gasteiger partial charge is 0.342 e. The monoisotopic (exact) mass is 257 g/mol. The summed E-state index contributed by atoms with van der Waals surface area (Å²) >= 11 is 0. The van der Waals surface area contributed by atoms with Crippen LogP contribution in [0.1, 0.15) is 18.4 Å². The van der Waals surface area contributed by atoms with Gasteiger partial charge in [-0.1, -0.05) is 12.1 Å². The van der Waals surface area contributed by atoms with Gasteiger partial charge in [0.05, 0.1) is 6.42 Å². The van der Waals surface area contributed by atoms with Crippen molar-refractivity contribution in [3.05, 3.63) is 35.6 Å². The topological polar surface area (TPSA) is 20.3 Å². The molecule has 18 heavy (non-hydrogen) atoms. The van der Waals surface area contributed by atoms with E-state index >= 15 is 0 Å². The van der Waals surface area contributed by atoms with E-state index in [1.54, 1.807) is 0 Å². The fourth-order valence-corrected chi connectivity index (χ4v) is 1.97. The number of hydrogen-bond donors (Lipinski definition) is 0. The predicted molar refractivity (Wildman–Crippen MR) is 60.9 cm³/mol. The van der Waals surface area contributed by atoms with E-state index in [0.717, 1.165) is 0 Å². The molecule has 0 unspecified atom stereocenters. The molecule has 1 fully saturated rings. The molecule has 0 saturated carbocycles. The molecular weight excluding hydrogens is 243 g/mol. The van der Waals surface area contributed by atoms with Gasteiger partial charge in [0.2, 0.25) is 5.91 Å². The molecule has 0 radical (unpaired) electrons. The van der Waals surface area contributed by atoms with Gasteiger partial charge in [0.1, 0.15) is 5.82 Å². The SMILES string of the molecule is O=C(Cc1ccc(F)cc1)N1CCC(F)(F)CC1. The molecular formula is C13H14F3NO.